The van der Waals surface area contributed by atoms with Crippen LogP contribution in [0.1, 0.15) is 6.92 Å². The first-order valence-electron chi connectivity index (χ1n) is 4.11. The Bertz CT molecular complexity index is 283. The van der Waals surface area contributed by atoms with E-state index in [4.69, 9.17) is 4.74 Å². The maximum Gasteiger partial charge on any atom is 0.325 e. The van der Waals surface area contributed by atoms with Crippen molar-refractivity contribution in [2.24, 2.45) is 7.05 Å². The van der Waals surface area contributed by atoms with E-state index in [0.717, 1.165) is 0 Å². The summed E-state index contributed by atoms with van der Waals surface area (Å²) in [6, 6.07) is 0. The van der Waals surface area contributed by atoms with E-state index >= 15 is 0 Å². The zero-order valence-electron chi connectivity index (χ0n) is 7.78. The molecule has 1 N–H and O–H groups in total. The van der Waals surface area contributed by atoms with Crippen molar-refractivity contribution >= 4 is 11.9 Å². The molecule has 72 valence electrons. The van der Waals surface area contributed by atoms with Gasteiger partial charge in [-0.15, -0.1) is 0 Å². The molecule has 0 spiro atoms. The second-order valence-corrected chi connectivity index (χ2v) is 2.52. The van der Waals surface area contributed by atoms with Crippen LogP contribution >= 0.6 is 0 Å². The van der Waals surface area contributed by atoms with Crippen molar-refractivity contribution < 1.29 is 9.53 Å². The van der Waals surface area contributed by atoms with E-state index in [0.29, 0.717) is 12.6 Å². The molecule has 1 rings (SSSR count). The molecule has 0 aliphatic rings. The number of imidazole rings is 1. The topological polar surface area (TPSA) is 56.1 Å². The molecule has 5 nitrogen and oxygen atoms in total. The molecule has 0 fully saturated rings. The summed E-state index contributed by atoms with van der Waals surface area (Å²) >= 11 is 0. The lowest BCUT2D eigenvalue weighted by Crippen LogP contribution is -2.18. The van der Waals surface area contributed by atoms with Crippen molar-refractivity contribution in [2.45, 2.75) is 6.92 Å². The minimum absolute atomic E-state index is 0.151. The largest absolute Gasteiger partial charge is 0.465 e. The number of carbonyl (C=O) groups excluding carboxylic acids is 1. The lowest BCUT2D eigenvalue weighted by Gasteiger charge is -2.04. The van der Waals surface area contributed by atoms with E-state index in [1.165, 1.54) is 0 Å². The Hall–Kier alpha value is -1.52. The smallest absolute Gasteiger partial charge is 0.325 e. The van der Waals surface area contributed by atoms with Crippen LogP contribution < -0.4 is 5.32 Å². The fraction of sp³-hybridized carbons (Fsp3) is 0.500. The predicted molar refractivity (Wildman–Crippen MR) is 48.3 cm³/mol. The van der Waals surface area contributed by atoms with Crippen LogP contribution in [-0.4, -0.2) is 28.7 Å². The lowest BCUT2D eigenvalue weighted by atomic mass is 10.6. The minimum Gasteiger partial charge on any atom is -0.465 e. The van der Waals surface area contributed by atoms with E-state index in [9.17, 15) is 4.79 Å². The normalized spacial score (nSPS) is 9.69. The molecule has 5 heteroatoms. The highest BCUT2D eigenvalue weighted by molar-refractivity contribution is 5.74. The maximum absolute atomic E-state index is 10.9. The summed E-state index contributed by atoms with van der Waals surface area (Å²) in [5, 5.41) is 2.85. The predicted octanol–water partition coefficient (Wildman–Crippen LogP) is 0.395. The highest BCUT2D eigenvalue weighted by atomic mass is 16.5. The Kier molecular flexibility index (Phi) is 3.31. The van der Waals surface area contributed by atoms with Crippen molar-refractivity contribution in [3.8, 4) is 0 Å². The fourth-order valence-electron chi connectivity index (χ4n) is 0.899. The van der Waals surface area contributed by atoms with Crippen LogP contribution in [0, 0.1) is 0 Å². The first-order chi connectivity index (χ1) is 6.24. The molecular formula is C8H13N3O2. The van der Waals surface area contributed by atoms with Crippen LogP contribution in [0.4, 0.5) is 5.95 Å². The molecular weight excluding hydrogens is 170 g/mol. The average Bonchev–Trinajstić information content (AvgIpc) is 2.48. The number of nitrogens with zero attached hydrogens (tertiary/aromatic N) is 2. The number of ether oxygens (including phenoxy) is 1. The maximum atomic E-state index is 10.9. The number of hydrogen-bond donors (Lipinski definition) is 1. The Labute approximate surface area is 76.7 Å². The van der Waals surface area contributed by atoms with Gasteiger partial charge in [0.05, 0.1) is 6.61 Å². The third kappa shape index (κ3) is 2.77. The molecule has 0 saturated carbocycles. The zero-order valence-corrected chi connectivity index (χ0v) is 7.78. The van der Waals surface area contributed by atoms with E-state index < -0.39 is 0 Å². The van der Waals surface area contributed by atoms with Gasteiger partial charge in [-0.25, -0.2) is 4.98 Å². The van der Waals surface area contributed by atoms with Gasteiger partial charge in [-0.1, -0.05) is 0 Å². The molecule has 1 aromatic heterocycles. The number of anilines is 1. The standard InChI is InChI=1S/C8H13N3O2/c1-3-13-7(12)6-10-8-9-4-5-11(8)2/h4-5H,3,6H2,1-2H3,(H,9,10). The summed E-state index contributed by atoms with van der Waals surface area (Å²) in [7, 11) is 1.85. The molecule has 0 bridgehead atoms. The SMILES string of the molecule is CCOC(=O)CNc1nccn1C. The van der Waals surface area contributed by atoms with Crippen molar-refractivity contribution in [1.82, 2.24) is 9.55 Å². The van der Waals surface area contributed by atoms with E-state index in [2.05, 4.69) is 10.3 Å². The fourth-order valence-corrected chi connectivity index (χ4v) is 0.899. The van der Waals surface area contributed by atoms with Gasteiger partial charge < -0.3 is 14.6 Å². The molecule has 0 radical (unpaired) electrons. The molecule has 0 aromatic carbocycles. The summed E-state index contributed by atoms with van der Waals surface area (Å²) in [6.45, 7) is 2.33. The number of hydrogen-bond acceptors (Lipinski definition) is 4. The van der Waals surface area contributed by atoms with Crippen LogP contribution in [0.5, 0.6) is 0 Å². The summed E-state index contributed by atoms with van der Waals surface area (Å²) < 4.78 is 6.53. The lowest BCUT2D eigenvalue weighted by molar-refractivity contribution is -0.140. The highest BCUT2D eigenvalue weighted by Gasteiger charge is 2.02. The molecule has 0 atom stereocenters. The zero-order chi connectivity index (χ0) is 9.68. The van der Waals surface area contributed by atoms with Gasteiger partial charge >= 0.3 is 5.97 Å². The number of rotatable bonds is 4. The van der Waals surface area contributed by atoms with Crippen molar-refractivity contribution in [3.05, 3.63) is 12.4 Å². The molecule has 0 aliphatic heterocycles. The van der Waals surface area contributed by atoms with Gasteiger partial charge in [-0.3, -0.25) is 4.79 Å². The van der Waals surface area contributed by atoms with Gasteiger partial charge in [0.25, 0.3) is 0 Å². The quantitative estimate of drug-likeness (QED) is 0.686. The van der Waals surface area contributed by atoms with Gasteiger partial charge in [0.15, 0.2) is 0 Å². The first kappa shape index (κ1) is 9.57. The number of carbonyl (C=O) groups is 1. The summed E-state index contributed by atoms with van der Waals surface area (Å²) in [6.07, 6.45) is 3.46. The number of nitrogens with one attached hydrogen (secondary N) is 1. The first-order valence-corrected chi connectivity index (χ1v) is 4.11. The van der Waals surface area contributed by atoms with Gasteiger partial charge in [0.2, 0.25) is 5.95 Å². The Morgan fingerprint density at radius 2 is 2.54 bits per heavy atom. The summed E-state index contributed by atoms with van der Waals surface area (Å²) in [4.78, 5) is 14.9. The van der Waals surface area contributed by atoms with E-state index in [1.807, 2.05) is 7.05 Å². The Morgan fingerprint density at radius 1 is 1.77 bits per heavy atom. The monoisotopic (exact) mass is 183 g/mol. The van der Waals surface area contributed by atoms with Crippen molar-refractivity contribution in [2.75, 3.05) is 18.5 Å². The van der Waals surface area contributed by atoms with Crippen molar-refractivity contribution in [3.63, 3.8) is 0 Å². The van der Waals surface area contributed by atoms with Gasteiger partial charge in [0, 0.05) is 19.4 Å². The molecule has 0 amide bonds. The van der Waals surface area contributed by atoms with Crippen molar-refractivity contribution in [1.29, 1.82) is 0 Å². The third-order valence-electron chi connectivity index (χ3n) is 1.52. The second-order valence-electron chi connectivity index (χ2n) is 2.52. The van der Waals surface area contributed by atoms with Crippen LogP contribution in [0.15, 0.2) is 12.4 Å². The van der Waals surface area contributed by atoms with E-state index in [-0.39, 0.29) is 12.5 Å². The average molecular weight is 183 g/mol. The van der Waals surface area contributed by atoms with Gasteiger partial charge in [-0.2, -0.15) is 0 Å². The Balaban J connectivity index is 2.35. The number of aromatic nitrogens is 2. The Morgan fingerprint density at radius 3 is 3.08 bits per heavy atom. The molecule has 0 aliphatic carbocycles. The van der Waals surface area contributed by atoms with Crippen LogP contribution in [0.2, 0.25) is 0 Å². The molecule has 0 unspecified atom stereocenters. The molecule has 13 heavy (non-hydrogen) atoms. The summed E-state index contributed by atoms with van der Waals surface area (Å²) in [5.41, 5.74) is 0. The second kappa shape index (κ2) is 4.49. The summed E-state index contributed by atoms with van der Waals surface area (Å²) in [5.74, 6) is 0.388. The third-order valence-corrected chi connectivity index (χ3v) is 1.52. The van der Waals surface area contributed by atoms with Crippen LogP contribution in [0.3, 0.4) is 0 Å². The molecule has 1 heterocycles. The van der Waals surface area contributed by atoms with Crippen LogP contribution in [-0.2, 0) is 16.6 Å². The number of esters is 1. The molecule has 0 saturated heterocycles. The number of aryl methyl sites for hydroxylation is 1. The van der Waals surface area contributed by atoms with Gasteiger partial charge in [0.1, 0.15) is 6.54 Å². The highest BCUT2D eigenvalue weighted by Crippen LogP contribution is 1.99. The molecule has 1 aromatic rings. The minimum atomic E-state index is -0.273. The van der Waals surface area contributed by atoms with Crippen LogP contribution in [0.25, 0.3) is 0 Å². The van der Waals surface area contributed by atoms with E-state index in [1.54, 1.807) is 23.9 Å². The van der Waals surface area contributed by atoms with Gasteiger partial charge in [-0.05, 0) is 6.92 Å².